The topological polar surface area (TPSA) is 29.5 Å². The van der Waals surface area contributed by atoms with Crippen molar-refractivity contribution in [3.05, 3.63) is 0 Å². The zero-order valence-electron chi connectivity index (χ0n) is 12.3. The van der Waals surface area contributed by atoms with Crippen LogP contribution >= 0.6 is 0 Å². The van der Waals surface area contributed by atoms with Crippen molar-refractivity contribution < 1.29 is 22.7 Å². The Kier molecular flexibility index (Phi) is 3.61. The average Bonchev–Trinajstić information content (AvgIpc) is 2.32. The Bertz CT molecular complexity index is 386. The van der Waals surface area contributed by atoms with Gasteiger partial charge in [-0.25, -0.2) is 4.79 Å². The lowest BCUT2D eigenvalue weighted by Crippen LogP contribution is -2.51. The van der Waals surface area contributed by atoms with E-state index in [0.29, 0.717) is 6.54 Å². The summed E-state index contributed by atoms with van der Waals surface area (Å²) in [4.78, 5) is 13.1. The lowest BCUT2D eigenvalue weighted by atomic mass is 9.49. The lowest BCUT2D eigenvalue weighted by molar-refractivity contribution is -0.162. The van der Waals surface area contributed by atoms with Crippen LogP contribution in [0.3, 0.4) is 0 Å². The van der Waals surface area contributed by atoms with Crippen LogP contribution in [0.5, 0.6) is 0 Å². The molecular weight excluding hydrogens is 283 g/mol. The molecule has 21 heavy (non-hydrogen) atoms. The molecule has 0 aromatic rings. The van der Waals surface area contributed by atoms with Crippen LogP contribution in [0.1, 0.15) is 38.5 Å². The Morgan fingerprint density at radius 3 is 2.05 bits per heavy atom. The fourth-order valence-corrected chi connectivity index (χ4v) is 5.31. The third-order valence-electron chi connectivity index (χ3n) is 5.41. The van der Waals surface area contributed by atoms with E-state index in [4.69, 9.17) is 0 Å². The van der Waals surface area contributed by atoms with Crippen LogP contribution in [0.4, 0.5) is 18.0 Å². The summed E-state index contributed by atoms with van der Waals surface area (Å²) in [6.45, 7) is -0.968. The first-order chi connectivity index (χ1) is 9.75. The van der Waals surface area contributed by atoms with E-state index in [0.717, 1.165) is 37.0 Å². The molecule has 3 nitrogen and oxygen atoms in total. The van der Waals surface area contributed by atoms with E-state index in [-0.39, 0.29) is 5.41 Å². The van der Waals surface area contributed by atoms with Crippen molar-refractivity contribution in [2.45, 2.75) is 44.7 Å². The second-order valence-electron chi connectivity index (χ2n) is 7.44. The molecule has 1 amide bonds. The summed E-state index contributed by atoms with van der Waals surface area (Å²) in [5.74, 6) is 2.28. The minimum atomic E-state index is -4.46. The van der Waals surface area contributed by atoms with Crippen molar-refractivity contribution in [2.24, 2.45) is 23.2 Å². The van der Waals surface area contributed by atoms with Gasteiger partial charge in [-0.05, 0) is 61.7 Å². The SMILES string of the molecule is CN(CC12CC3CC(CC(C3)C1)C2)C(=O)OCC(F)(F)F. The molecule has 120 valence electrons. The zero-order chi connectivity index (χ0) is 15.3. The van der Waals surface area contributed by atoms with Gasteiger partial charge in [0.25, 0.3) is 0 Å². The van der Waals surface area contributed by atoms with E-state index in [9.17, 15) is 18.0 Å². The average molecular weight is 305 g/mol. The van der Waals surface area contributed by atoms with Crippen LogP contribution < -0.4 is 0 Å². The number of alkyl halides is 3. The Morgan fingerprint density at radius 2 is 1.62 bits per heavy atom. The fourth-order valence-electron chi connectivity index (χ4n) is 5.31. The van der Waals surface area contributed by atoms with Crippen LogP contribution in [0.2, 0.25) is 0 Å². The van der Waals surface area contributed by atoms with E-state index in [1.165, 1.54) is 24.2 Å². The highest BCUT2D eigenvalue weighted by atomic mass is 19.4. The molecule has 0 aromatic carbocycles. The van der Waals surface area contributed by atoms with Gasteiger partial charge in [0.2, 0.25) is 0 Å². The number of halogens is 3. The van der Waals surface area contributed by atoms with Gasteiger partial charge in [0.15, 0.2) is 6.61 Å². The van der Waals surface area contributed by atoms with Gasteiger partial charge in [-0.1, -0.05) is 0 Å². The maximum Gasteiger partial charge on any atom is 0.422 e. The first-order valence-corrected chi connectivity index (χ1v) is 7.69. The van der Waals surface area contributed by atoms with Gasteiger partial charge >= 0.3 is 12.3 Å². The molecule has 0 heterocycles. The molecule has 0 N–H and O–H groups in total. The number of ether oxygens (including phenoxy) is 1. The van der Waals surface area contributed by atoms with E-state index in [1.54, 1.807) is 7.05 Å². The summed E-state index contributed by atoms with van der Waals surface area (Å²) >= 11 is 0. The molecule has 0 saturated heterocycles. The summed E-state index contributed by atoms with van der Waals surface area (Å²) in [7, 11) is 1.55. The van der Waals surface area contributed by atoms with Crippen molar-refractivity contribution in [1.29, 1.82) is 0 Å². The van der Waals surface area contributed by atoms with Gasteiger partial charge in [0, 0.05) is 13.6 Å². The second kappa shape index (κ2) is 5.06. The number of carbonyl (C=O) groups excluding carboxylic acids is 1. The van der Waals surface area contributed by atoms with Crippen LogP contribution in [0, 0.1) is 23.2 Å². The molecule has 0 radical (unpaired) electrons. The predicted octanol–water partition coefficient (Wildman–Crippen LogP) is 3.83. The van der Waals surface area contributed by atoms with E-state index >= 15 is 0 Å². The van der Waals surface area contributed by atoms with Crippen molar-refractivity contribution in [3.8, 4) is 0 Å². The summed E-state index contributed by atoms with van der Waals surface area (Å²) in [6.07, 6.45) is 1.96. The maximum atomic E-state index is 12.1. The van der Waals surface area contributed by atoms with Crippen molar-refractivity contribution >= 4 is 6.09 Å². The molecule has 6 heteroatoms. The highest BCUT2D eigenvalue weighted by Gasteiger charge is 2.51. The van der Waals surface area contributed by atoms with Crippen molar-refractivity contribution in [3.63, 3.8) is 0 Å². The number of carbonyl (C=O) groups is 1. The molecular formula is C15H22F3NO2. The molecule has 4 rings (SSSR count). The highest BCUT2D eigenvalue weighted by Crippen LogP contribution is 2.60. The van der Waals surface area contributed by atoms with Gasteiger partial charge in [0.05, 0.1) is 0 Å². The molecule has 0 spiro atoms. The lowest BCUT2D eigenvalue weighted by Gasteiger charge is -2.57. The third kappa shape index (κ3) is 3.29. The quantitative estimate of drug-likeness (QED) is 0.793. The maximum absolute atomic E-state index is 12.1. The standard InChI is InChI=1S/C15H22F3NO2/c1-19(13(20)21-9-15(16,17)18)8-14-5-10-2-11(6-14)4-12(3-10)7-14/h10-12H,2-9H2,1H3. The van der Waals surface area contributed by atoms with Crippen LogP contribution in [0.15, 0.2) is 0 Å². The first-order valence-electron chi connectivity index (χ1n) is 7.69. The molecule has 4 aliphatic rings. The normalized spacial score (nSPS) is 37.6. The fraction of sp³-hybridized carbons (Fsp3) is 0.933. The number of amides is 1. The monoisotopic (exact) mass is 305 g/mol. The number of rotatable bonds is 3. The second-order valence-corrected chi connectivity index (χ2v) is 7.44. The molecule has 4 aliphatic carbocycles. The van der Waals surface area contributed by atoms with Crippen LogP contribution in [-0.2, 0) is 4.74 Å². The highest BCUT2D eigenvalue weighted by molar-refractivity contribution is 5.67. The minimum absolute atomic E-state index is 0.126. The third-order valence-corrected chi connectivity index (χ3v) is 5.41. The Balaban J connectivity index is 1.57. The minimum Gasteiger partial charge on any atom is -0.440 e. The number of hydrogen-bond donors (Lipinski definition) is 0. The zero-order valence-corrected chi connectivity index (χ0v) is 12.3. The predicted molar refractivity (Wildman–Crippen MR) is 70.6 cm³/mol. The largest absolute Gasteiger partial charge is 0.440 e. The summed E-state index contributed by atoms with van der Waals surface area (Å²) in [5, 5.41) is 0. The van der Waals surface area contributed by atoms with E-state index in [2.05, 4.69) is 4.74 Å². The molecule has 4 saturated carbocycles. The van der Waals surface area contributed by atoms with E-state index < -0.39 is 18.9 Å². The van der Waals surface area contributed by atoms with Crippen LogP contribution in [-0.4, -0.2) is 37.4 Å². The molecule has 4 bridgehead atoms. The number of nitrogens with zero attached hydrogens (tertiary/aromatic N) is 1. The summed E-state index contributed by atoms with van der Waals surface area (Å²) in [6, 6.07) is 0. The summed E-state index contributed by atoms with van der Waals surface area (Å²) < 4.78 is 40.6. The Labute approximate surface area is 122 Å². The van der Waals surface area contributed by atoms with Gasteiger partial charge in [0.1, 0.15) is 0 Å². The Morgan fingerprint density at radius 1 is 1.14 bits per heavy atom. The molecule has 4 fully saturated rings. The summed E-state index contributed by atoms with van der Waals surface area (Å²) in [5.41, 5.74) is 0.126. The molecule has 0 aliphatic heterocycles. The van der Waals surface area contributed by atoms with Crippen molar-refractivity contribution in [2.75, 3.05) is 20.2 Å². The molecule has 0 atom stereocenters. The smallest absolute Gasteiger partial charge is 0.422 e. The van der Waals surface area contributed by atoms with Gasteiger partial charge < -0.3 is 9.64 Å². The van der Waals surface area contributed by atoms with E-state index in [1.807, 2.05) is 0 Å². The first kappa shape index (κ1) is 15.0. The Hall–Kier alpha value is -0.940. The van der Waals surface area contributed by atoms with Crippen molar-refractivity contribution in [1.82, 2.24) is 4.90 Å². The molecule has 0 unspecified atom stereocenters. The van der Waals surface area contributed by atoms with Gasteiger partial charge in [-0.2, -0.15) is 13.2 Å². The number of hydrogen-bond acceptors (Lipinski definition) is 2. The van der Waals surface area contributed by atoms with Gasteiger partial charge in [-0.15, -0.1) is 0 Å². The van der Waals surface area contributed by atoms with Gasteiger partial charge in [-0.3, -0.25) is 0 Å². The van der Waals surface area contributed by atoms with Crippen LogP contribution in [0.25, 0.3) is 0 Å². The molecule has 0 aromatic heterocycles.